The molecule has 6 nitrogen and oxygen atoms in total. The van der Waals surface area contributed by atoms with Crippen molar-refractivity contribution < 1.29 is 14.3 Å². The normalized spacial score (nSPS) is 11.8. The number of anilines is 1. The van der Waals surface area contributed by atoms with E-state index >= 15 is 0 Å². The summed E-state index contributed by atoms with van der Waals surface area (Å²) in [6.45, 7) is 3.59. The van der Waals surface area contributed by atoms with Crippen molar-refractivity contribution >= 4 is 39.1 Å². The molecule has 1 N–H and O–H groups in total. The molecule has 0 aliphatic carbocycles. The number of amides is 1. The number of thiazole rings is 1. The summed E-state index contributed by atoms with van der Waals surface area (Å²) in [5.41, 5.74) is 4.07. The molecule has 1 atom stereocenters. The molecule has 0 saturated carbocycles. The van der Waals surface area contributed by atoms with E-state index in [-0.39, 0.29) is 0 Å². The summed E-state index contributed by atoms with van der Waals surface area (Å²) in [5.74, 6) is -0.998. The Morgan fingerprint density at radius 2 is 1.90 bits per heavy atom. The second-order valence-electron chi connectivity index (χ2n) is 6.85. The SMILES string of the molecule is Cc1ccc2nc(-c3ccc(NC(=O)C(C)OC(=O)c4cccnc4)cc3)sc2c1. The van der Waals surface area contributed by atoms with Crippen molar-refractivity contribution in [1.82, 2.24) is 9.97 Å². The summed E-state index contributed by atoms with van der Waals surface area (Å²) in [6.07, 6.45) is 2.02. The molecule has 2 aromatic carbocycles. The number of hydrogen-bond acceptors (Lipinski definition) is 6. The van der Waals surface area contributed by atoms with Gasteiger partial charge in [0.1, 0.15) is 5.01 Å². The Balaban J connectivity index is 1.41. The molecule has 150 valence electrons. The van der Waals surface area contributed by atoms with Crippen molar-refractivity contribution in [3.8, 4) is 10.6 Å². The molecule has 0 aliphatic heterocycles. The number of rotatable bonds is 5. The van der Waals surface area contributed by atoms with Crippen LogP contribution in [0.4, 0.5) is 5.69 Å². The number of fused-ring (bicyclic) bond motifs is 1. The molecule has 1 amide bonds. The van der Waals surface area contributed by atoms with E-state index in [9.17, 15) is 9.59 Å². The van der Waals surface area contributed by atoms with Gasteiger partial charge in [-0.1, -0.05) is 6.07 Å². The first kappa shape index (κ1) is 19.7. The van der Waals surface area contributed by atoms with Crippen molar-refractivity contribution in [2.45, 2.75) is 20.0 Å². The minimum absolute atomic E-state index is 0.299. The Morgan fingerprint density at radius 3 is 2.63 bits per heavy atom. The van der Waals surface area contributed by atoms with E-state index < -0.39 is 18.0 Å². The van der Waals surface area contributed by atoms with Crippen molar-refractivity contribution in [2.75, 3.05) is 5.32 Å². The molecule has 2 heterocycles. The molecular weight excluding hydrogens is 398 g/mol. The largest absolute Gasteiger partial charge is 0.449 e. The first-order chi connectivity index (χ1) is 14.5. The first-order valence-corrected chi connectivity index (χ1v) is 10.2. The summed E-state index contributed by atoms with van der Waals surface area (Å²) in [5, 5.41) is 3.69. The highest BCUT2D eigenvalue weighted by Crippen LogP contribution is 2.31. The molecule has 0 radical (unpaired) electrons. The van der Waals surface area contributed by atoms with Crippen LogP contribution >= 0.6 is 11.3 Å². The molecule has 4 aromatic rings. The predicted octanol–water partition coefficient (Wildman–Crippen LogP) is 4.85. The average Bonchev–Trinajstić information content (AvgIpc) is 3.18. The maximum Gasteiger partial charge on any atom is 0.340 e. The molecular formula is C23H19N3O3S. The fraction of sp³-hybridized carbons (Fsp3) is 0.130. The molecule has 0 fully saturated rings. The van der Waals surface area contributed by atoms with Crippen LogP contribution in [-0.2, 0) is 9.53 Å². The zero-order valence-corrected chi connectivity index (χ0v) is 17.3. The molecule has 4 rings (SSSR count). The number of pyridine rings is 1. The predicted molar refractivity (Wildman–Crippen MR) is 118 cm³/mol. The highest BCUT2D eigenvalue weighted by atomic mass is 32.1. The third kappa shape index (κ3) is 4.36. The number of carbonyl (C=O) groups excluding carboxylic acids is 2. The Kier molecular flexibility index (Phi) is 5.54. The molecule has 0 aliphatic rings. The lowest BCUT2D eigenvalue weighted by atomic mass is 10.2. The molecule has 30 heavy (non-hydrogen) atoms. The van der Waals surface area contributed by atoms with Crippen molar-refractivity contribution in [2.24, 2.45) is 0 Å². The van der Waals surface area contributed by atoms with Gasteiger partial charge in [0.25, 0.3) is 5.91 Å². The molecule has 2 aromatic heterocycles. The fourth-order valence-electron chi connectivity index (χ4n) is 2.86. The number of aromatic nitrogens is 2. The summed E-state index contributed by atoms with van der Waals surface area (Å²) in [6, 6.07) is 16.8. The van der Waals surface area contributed by atoms with E-state index in [4.69, 9.17) is 4.74 Å². The van der Waals surface area contributed by atoms with Crippen LogP contribution < -0.4 is 5.32 Å². The van der Waals surface area contributed by atoms with Crippen LogP contribution in [0.25, 0.3) is 20.8 Å². The van der Waals surface area contributed by atoms with E-state index in [1.807, 2.05) is 24.3 Å². The third-order valence-corrected chi connectivity index (χ3v) is 5.56. The molecule has 7 heteroatoms. The van der Waals surface area contributed by atoms with Gasteiger partial charge < -0.3 is 10.1 Å². The lowest BCUT2D eigenvalue weighted by Crippen LogP contribution is -2.30. The maximum absolute atomic E-state index is 12.4. The summed E-state index contributed by atoms with van der Waals surface area (Å²) in [4.78, 5) is 33.0. The number of carbonyl (C=O) groups is 2. The number of esters is 1. The van der Waals surface area contributed by atoms with Gasteiger partial charge in [0.05, 0.1) is 15.8 Å². The highest BCUT2D eigenvalue weighted by molar-refractivity contribution is 7.21. The van der Waals surface area contributed by atoms with Crippen LogP contribution in [0.5, 0.6) is 0 Å². The molecule has 0 spiro atoms. The number of hydrogen-bond donors (Lipinski definition) is 1. The third-order valence-electron chi connectivity index (χ3n) is 4.49. The number of benzene rings is 2. The van der Waals surface area contributed by atoms with Crippen LogP contribution in [0.1, 0.15) is 22.8 Å². The molecule has 0 saturated heterocycles. The summed E-state index contributed by atoms with van der Waals surface area (Å²) in [7, 11) is 0. The van der Waals surface area contributed by atoms with Crippen molar-refractivity contribution in [3.05, 3.63) is 78.1 Å². The standard InChI is InChI=1S/C23H19N3O3S/c1-14-5-10-19-20(12-14)30-22(26-19)16-6-8-18(9-7-16)25-21(27)15(2)29-23(28)17-4-3-11-24-13-17/h3-13,15H,1-2H3,(H,25,27). The Bertz CT molecular complexity index is 1200. The van der Waals surface area contributed by atoms with Gasteiger partial charge >= 0.3 is 5.97 Å². The minimum Gasteiger partial charge on any atom is -0.449 e. The second kappa shape index (κ2) is 8.42. The van der Waals surface area contributed by atoms with Crippen LogP contribution in [0.3, 0.4) is 0 Å². The van der Waals surface area contributed by atoms with Gasteiger partial charge in [0.15, 0.2) is 6.10 Å². The zero-order chi connectivity index (χ0) is 21.1. The summed E-state index contributed by atoms with van der Waals surface area (Å²) >= 11 is 1.63. The van der Waals surface area contributed by atoms with Crippen LogP contribution in [0.15, 0.2) is 67.0 Å². The van der Waals surface area contributed by atoms with E-state index in [0.29, 0.717) is 11.3 Å². The number of ether oxygens (including phenoxy) is 1. The fourth-order valence-corrected chi connectivity index (χ4v) is 3.93. The smallest absolute Gasteiger partial charge is 0.340 e. The van der Waals surface area contributed by atoms with Gasteiger partial charge in [-0.25, -0.2) is 9.78 Å². The lowest BCUT2D eigenvalue weighted by Gasteiger charge is -2.13. The van der Waals surface area contributed by atoms with Crippen LogP contribution in [0, 0.1) is 6.92 Å². The minimum atomic E-state index is -0.940. The Morgan fingerprint density at radius 1 is 1.10 bits per heavy atom. The molecule has 1 unspecified atom stereocenters. The lowest BCUT2D eigenvalue weighted by molar-refractivity contribution is -0.123. The van der Waals surface area contributed by atoms with Gasteiger partial charge in [-0.2, -0.15) is 0 Å². The van der Waals surface area contributed by atoms with Gasteiger partial charge in [0, 0.05) is 23.6 Å². The van der Waals surface area contributed by atoms with Crippen LogP contribution in [0.2, 0.25) is 0 Å². The number of aryl methyl sites for hydroxylation is 1. The second-order valence-corrected chi connectivity index (χ2v) is 7.88. The van der Waals surface area contributed by atoms with E-state index in [1.165, 1.54) is 18.7 Å². The topological polar surface area (TPSA) is 81.2 Å². The number of nitrogens with one attached hydrogen (secondary N) is 1. The molecule has 0 bridgehead atoms. The van der Waals surface area contributed by atoms with E-state index in [0.717, 1.165) is 20.8 Å². The average molecular weight is 417 g/mol. The monoisotopic (exact) mass is 417 g/mol. The number of nitrogens with zero attached hydrogens (tertiary/aromatic N) is 2. The van der Waals surface area contributed by atoms with Crippen molar-refractivity contribution in [3.63, 3.8) is 0 Å². The van der Waals surface area contributed by atoms with E-state index in [1.54, 1.807) is 41.8 Å². The zero-order valence-electron chi connectivity index (χ0n) is 16.5. The van der Waals surface area contributed by atoms with Gasteiger partial charge in [0.2, 0.25) is 0 Å². The van der Waals surface area contributed by atoms with Gasteiger partial charge in [-0.15, -0.1) is 11.3 Å². The first-order valence-electron chi connectivity index (χ1n) is 9.39. The van der Waals surface area contributed by atoms with Gasteiger partial charge in [-0.05, 0) is 67.9 Å². The van der Waals surface area contributed by atoms with E-state index in [2.05, 4.69) is 28.3 Å². The highest BCUT2D eigenvalue weighted by Gasteiger charge is 2.19. The van der Waals surface area contributed by atoms with Crippen molar-refractivity contribution in [1.29, 1.82) is 0 Å². The quantitative estimate of drug-likeness (QED) is 0.470. The Hall–Kier alpha value is -3.58. The van der Waals surface area contributed by atoms with Gasteiger partial charge in [-0.3, -0.25) is 9.78 Å². The van der Waals surface area contributed by atoms with Crippen LogP contribution in [-0.4, -0.2) is 27.9 Å². The summed E-state index contributed by atoms with van der Waals surface area (Å²) < 4.78 is 6.35. The maximum atomic E-state index is 12.4. The Labute approximate surface area is 177 Å².